The van der Waals surface area contributed by atoms with Gasteiger partial charge in [-0.15, -0.1) is 11.8 Å². The Balaban J connectivity index is 2.89. The van der Waals surface area contributed by atoms with Crippen molar-refractivity contribution in [2.75, 3.05) is 19.0 Å². The number of phosphoric acid groups is 1. The number of carboxylic acid groups (broad SMARTS) is 1. The molecule has 1 fully saturated rings. The number of phosphoric ester groups is 1. The maximum atomic E-state index is 13.3. The number of allylic oxidation sites excluding steroid dienone is 9. The Bertz CT molecular complexity index is 1560. The average molecular weight is 1020 g/mol. The topological polar surface area (TPSA) is 293 Å². The Morgan fingerprint density at radius 3 is 1.83 bits per heavy atom. The number of thioether (sulfide) groups is 1. The maximum absolute atomic E-state index is 13.3. The standard InChI is InChI=1S/C50H86NO16PS/c1-3-5-7-9-11-13-15-17-18-19-21-23-25-27-29-34-43(55)64-35-38(36-65-68(62,63)67-49-47(59)45(57)44(56)46(58)48(49)60)66-50(61)39(51)37-69-41(40(52)31-30-33-42(53)54)32-28-26-24-22-20-16-14-12-10-8-6-4-2/h12,14,17-18,20,22,24,26,28,32,38-41,44-49,52,56-60H,3-11,13,15-16,19,21,23,25,27,29-31,33-37,51H2,1-2H3,(H,53,54)(H,62,63)/b14-12-,18-17-,22-20-,26-24+,32-28+/t38-,39+,40+,41-,44?,45-,46+,47-,48-,49?/m1/s1. The number of hydrogen-bond acceptors (Lipinski definition) is 16. The molecule has 1 aliphatic carbocycles. The fraction of sp³-hybridized carbons (Fsp3) is 0.740. The minimum atomic E-state index is -5.28. The van der Waals surface area contributed by atoms with Gasteiger partial charge in [0.15, 0.2) is 6.10 Å². The number of carboxylic acids is 1. The van der Waals surface area contributed by atoms with Gasteiger partial charge in [-0.2, -0.15) is 0 Å². The van der Waals surface area contributed by atoms with Gasteiger partial charge in [-0.3, -0.25) is 23.4 Å². The number of hydrogen-bond donors (Lipinski definition) is 9. The molecule has 1 rings (SSSR count). The predicted octanol–water partition coefficient (Wildman–Crippen LogP) is 7.04. The van der Waals surface area contributed by atoms with Gasteiger partial charge in [-0.05, 0) is 64.2 Å². The zero-order chi connectivity index (χ0) is 51.3. The average Bonchev–Trinajstić information content (AvgIpc) is 3.32. The van der Waals surface area contributed by atoms with Crippen LogP contribution >= 0.6 is 19.6 Å². The minimum absolute atomic E-state index is 0.0527. The summed E-state index contributed by atoms with van der Waals surface area (Å²) in [5.74, 6) is -2.76. The Kier molecular flexibility index (Phi) is 37.1. The van der Waals surface area contributed by atoms with Crippen molar-refractivity contribution in [1.29, 1.82) is 0 Å². The summed E-state index contributed by atoms with van der Waals surface area (Å²) in [6, 6.07) is -1.33. The van der Waals surface area contributed by atoms with Gasteiger partial charge in [0.05, 0.1) is 12.7 Å². The number of carbonyl (C=O) groups is 3. The number of rotatable bonds is 41. The van der Waals surface area contributed by atoms with Crippen LogP contribution in [0.3, 0.4) is 0 Å². The largest absolute Gasteiger partial charge is 0.481 e. The highest BCUT2D eigenvalue weighted by atomic mass is 32.2. The van der Waals surface area contributed by atoms with E-state index in [4.69, 9.17) is 29.4 Å². The van der Waals surface area contributed by atoms with Gasteiger partial charge in [-0.1, -0.05) is 139 Å². The summed E-state index contributed by atoms with van der Waals surface area (Å²) in [7, 11) is -5.28. The van der Waals surface area contributed by atoms with Gasteiger partial charge in [-0.25, -0.2) is 4.57 Å². The van der Waals surface area contributed by atoms with Gasteiger partial charge in [0.1, 0.15) is 49.3 Å². The highest BCUT2D eigenvalue weighted by Crippen LogP contribution is 2.47. The first-order valence-electron chi connectivity index (χ1n) is 25.0. The third-order valence-corrected chi connectivity index (χ3v) is 13.7. The molecule has 0 saturated heterocycles. The minimum Gasteiger partial charge on any atom is -0.481 e. The molecule has 0 heterocycles. The van der Waals surface area contributed by atoms with E-state index in [1.807, 2.05) is 18.2 Å². The number of unbranched alkanes of at least 4 members (excludes halogenated alkanes) is 14. The molecule has 0 aromatic carbocycles. The second-order valence-corrected chi connectivity index (χ2v) is 20.1. The van der Waals surface area contributed by atoms with Crippen LogP contribution in [0.1, 0.15) is 155 Å². The Morgan fingerprint density at radius 1 is 0.667 bits per heavy atom. The molecule has 1 saturated carbocycles. The predicted molar refractivity (Wildman–Crippen MR) is 268 cm³/mol. The second kappa shape index (κ2) is 39.9. The monoisotopic (exact) mass is 1020 g/mol. The van der Waals surface area contributed by atoms with Crippen LogP contribution in [0.2, 0.25) is 0 Å². The first-order valence-corrected chi connectivity index (χ1v) is 27.6. The van der Waals surface area contributed by atoms with E-state index in [2.05, 4.69) is 38.2 Å². The molecule has 11 atom stereocenters. The molecule has 0 amide bonds. The molecule has 0 spiro atoms. The van der Waals surface area contributed by atoms with Crippen molar-refractivity contribution in [2.45, 2.75) is 215 Å². The molecule has 0 bridgehead atoms. The molecule has 10 N–H and O–H groups in total. The third-order valence-electron chi connectivity index (χ3n) is 11.3. The fourth-order valence-corrected chi connectivity index (χ4v) is 9.22. The highest BCUT2D eigenvalue weighted by molar-refractivity contribution is 8.00. The van der Waals surface area contributed by atoms with Crippen LogP contribution in [0.5, 0.6) is 0 Å². The summed E-state index contributed by atoms with van der Waals surface area (Å²) in [4.78, 5) is 47.7. The first kappa shape index (κ1) is 64.3. The van der Waals surface area contributed by atoms with Crippen LogP contribution in [0.25, 0.3) is 0 Å². The normalized spacial score (nSPS) is 22.7. The van der Waals surface area contributed by atoms with E-state index >= 15 is 0 Å². The number of aliphatic hydroxyl groups is 6. The summed E-state index contributed by atoms with van der Waals surface area (Å²) in [5, 5.41) is 70.0. The van der Waals surface area contributed by atoms with Gasteiger partial charge in [0.25, 0.3) is 0 Å². The van der Waals surface area contributed by atoms with Crippen LogP contribution in [-0.4, -0.2) is 138 Å². The molecular weight excluding hydrogens is 934 g/mol. The van der Waals surface area contributed by atoms with Crippen LogP contribution in [0.15, 0.2) is 60.8 Å². The third kappa shape index (κ3) is 31.4. The lowest BCUT2D eigenvalue weighted by molar-refractivity contribution is -0.220. The van der Waals surface area contributed by atoms with Crippen molar-refractivity contribution in [1.82, 2.24) is 0 Å². The van der Waals surface area contributed by atoms with Crippen LogP contribution in [-0.2, 0) is 37.5 Å². The number of nitrogens with two attached hydrogens (primary N) is 1. The Hall–Kier alpha value is -2.71. The Labute approximate surface area is 414 Å². The summed E-state index contributed by atoms with van der Waals surface area (Å²) in [6.45, 7) is 2.83. The lowest BCUT2D eigenvalue weighted by Crippen LogP contribution is -2.64. The van der Waals surface area contributed by atoms with Crippen molar-refractivity contribution in [3.63, 3.8) is 0 Å². The number of aliphatic hydroxyl groups excluding tert-OH is 6. The molecule has 1 aliphatic rings. The van der Waals surface area contributed by atoms with E-state index in [1.54, 1.807) is 18.2 Å². The first-order chi connectivity index (χ1) is 33.0. The molecule has 3 unspecified atom stereocenters. The van der Waals surface area contributed by atoms with Crippen LogP contribution in [0, 0.1) is 0 Å². The zero-order valence-electron chi connectivity index (χ0n) is 41.0. The molecular formula is C50H86NO16PS. The van der Waals surface area contributed by atoms with Crippen LogP contribution in [0.4, 0.5) is 0 Å². The smallest absolute Gasteiger partial charge is 0.472 e. The van der Waals surface area contributed by atoms with Crippen molar-refractivity contribution < 1.29 is 78.1 Å². The summed E-state index contributed by atoms with van der Waals surface area (Å²) in [6.07, 6.45) is 24.4. The van der Waals surface area contributed by atoms with E-state index in [0.29, 0.717) is 6.42 Å². The van der Waals surface area contributed by atoms with Gasteiger partial charge < -0.3 is 55.8 Å². The molecule has 17 nitrogen and oxygen atoms in total. The van der Waals surface area contributed by atoms with Crippen LogP contribution < -0.4 is 5.73 Å². The molecule has 69 heavy (non-hydrogen) atoms. The van der Waals surface area contributed by atoms with E-state index in [1.165, 1.54) is 57.8 Å². The number of aliphatic carboxylic acids is 1. The summed E-state index contributed by atoms with van der Waals surface area (Å²) >= 11 is 1.11. The zero-order valence-corrected chi connectivity index (χ0v) is 42.7. The summed E-state index contributed by atoms with van der Waals surface area (Å²) in [5.41, 5.74) is 6.21. The maximum Gasteiger partial charge on any atom is 0.472 e. The van der Waals surface area contributed by atoms with E-state index in [9.17, 15) is 54.5 Å². The van der Waals surface area contributed by atoms with E-state index < -0.39 is 99.1 Å². The molecule has 0 radical (unpaired) electrons. The lowest BCUT2D eigenvalue weighted by Gasteiger charge is -2.41. The van der Waals surface area contributed by atoms with Crippen molar-refractivity contribution in [3.8, 4) is 0 Å². The van der Waals surface area contributed by atoms with Crippen molar-refractivity contribution in [3.05, 3.63) is 60.8 Å². The molecule has 19 heteroatoms. The quantitative estimate of drug-likeness (QED) is 0.00975. The van der Waals surface area contributed by atoms with Gasteiger partial charge >= 0.3 is 25.7 Å². The van der Waals surface area contributed by atoms with Crippen molar-refractivity contribution >= 4 is 37.5 Å². The highest BCUT2D eigenvalue weighted by Gasteiger charge is 2.51. The van der Waals surface area contributed by atoms with E-state index in [0.717, 1.165) is 63.1 Å². The number of esters is 2. The SMILES string of the molecule is CCCCC/C=C\C\C=C/C=C/C=C/[C@@H](SC[C@H](N)C(=O)O[C@H](COC(=O)CCCCCCC/C=C\CCCCCCCC)COP(=O)(O)OC1[C@H](O)[C@H](O)C(O)[C@H](O)[C@H]1O)[C@@H](O)CCCC(=O)O. The second-order valence-electron chi connectivity index (χ2n) is 17.5. The molecule has 0 aromatic heterocycles. The number of ether oxygens (including phenoxy) is 2. The molecule has 0 aliphatic heterocycles. The fourth-order valence-electron chi connectivity index (χ4n) is 7.12. The summed E-state index contributed by atoms with van der Waals surface area (Å²) < 4.78 is 33.7. The Morgan fingerprint density at radius 2 is 1.20 bits per heavy atom. The van der Waals surface area contributed by atoms with Gasteiger partial charge in [0.2, 0.25) is 0 Å². The molecule has 398 valence electrons. The van der Waals surface area contributed by atoms with Gasteiger partial charge in [0, 0.05) is 23.8 Å². The lowest BCUT2D eigenvalue weighted by atomic mass is 9.85. The van der Waals surface area contributed by atoms with E-state index in [-0.39, 0.29) is 31.4 Å². The molecule has 0 aromatic rings. The number of carbonyl (C=O) groups excluding carboxylic acids is 2. The van der Waals surface area contributed by atoms with Crippen molar-refractivity contribution in [2.24, 2.45) is 5.73 Å².